The normalized spacial score (nSPS) is 10.9. The molecule has 90 valence electrons. The molecule has 0 saturated carbocycles. The van der Waals surface area contributed by atoms with Crippen molar-refractivity contribution in [2.24, 2.45) is 0 Å². The quantitative estimate of drug-likeness (QED) is 0.771. The van der Waals surface area contributed by atoms with E-state index in [1.807, 2.05) is 30.3 Å². The number of fused-ring (bicyclic) bond motifs is 1. The van der Waals surface area contributed by atoms with Crippen molar-refractivity contribution in [2.45, 2.75) is 6.42 Å². The first-order valence-electron chi connectivity index (χ1n) is 5.22. The number of benzene rings is 1. The standard InChI is InChI=1S/C11H8N4O2S/c16-10(17)9-14-15-8(12-13-11(15)18-9)6-7-4-2-1-3-5-7/h1-5H,6H2,(H,16,17). The maximum absolute atomic E-state index is 10.8. The van der Waals surface area contributed by atoms with Crippen LogP contribution in [0.15, 0.2) is 30.3 Å². The Morgan fingerprint density at radius 1 is 1.28 bits per heavy atom. The number of carboxylic acids is 1. The molecule has 1 aromatic carbocycles. The Hall–Kier alpha value is -2.28. The van der Waals surface area contributed by atoms with Crippen molar-refractivity contribution < 1.29 is 9.90 Å². The average Bonchev–Trinajstić information content (AvgIpc) is 2.93. The lowest BCUT2D eigenvalue weighted by Gasteiger charge is -1.96. The molecule has 2 aromatic heterocycles. The minimum atomic E-state index is -1.05. The fourth-order valence-electron chi connectivity index (χ4n) is 1.63. The van der Waals surface area contributed by atoms with E-state index in [4.69, 9.17) is 5.11 Å². The summed E-state index contributed by atoms with van der Waals surface area (Å²) in [6, 6.07) is 9.78. The summed E-state index contributed by atoms with van der Waals surface area (Å²) in [5, 5.41) is 20.8. The molecular weight excluding hydrogens is 252 g/mol. The van der Waals surface area contributed by atoms with E-state index >= 15 is 0 Å². The van der Waals surface area contributed by atoms with Crippen LogP contribution in [0.4, 0.5) is 0 Å². The Morgan fingerprint density at radius 3 is 2.78 bits per heavy atom. The molecular formula is C11H8N4O2S. The summed E-state index contributed by atoms with van der Waals surface area (Å²) in [4.78, 5) is 11.3. The van der Waals surface area contributed by atoms with Crippen LogP contribution in [-0.4, -0.2) is 30.9 Å². The molecule has 3 aromatic rings. The number of hydrogen-bond donors (Lipinski definition) is 1. The van der Waals surface area contributed by atoms with Gasteiger partial charge in [0.1, 0.15) is 0 Å². The van der Waals surface area contributed by atoms with E-state index in [1.165, 1.54) is 4.52 Å². The first-order chi connectivity index (χ1) is 8.74. The number of carbonyl (C=O) groups is 1. The smallest absolute Gasteiger partial charge is 0.367 e. The lowest BCUT2D eigenvalue weighted by molar-refractivity contribution is 0.0695. The van der Waals surface area contributed by atoms with Gasteiger partial charge in [-0.05, 0) is 5.56 Å². The SMILES string of the molecule is O=C(O)c1nn2c(Cc3ccccc3)nnc2s1. The van der Waals surface area contributed by atoms with E-state index < -0.39 is 5.97 Å². The van der Waals surface area contributed by atoms with Gasteiger partial charge in [0.15, 0.2) is 5.82 Å². The molecule has 0 unspecified atom stereocenters. The zero-order chi connectivity index (χ0) is 12.5. The number of hydrogen-bond acceptors (Lipinski definition) is 5. The van der Waals surface area contributed by atoms with Crippen molar-refractivity contribution in [3.8, 4) is 0 Å². The van der Waals surface area contributed by atoms with Crippen LogP contribution in [0.25, 0.3) is 4.96 Å². The Balaban J connectivity index is 1.99. The highest BCUT2D eigenvalue weighted by Gasteiger charge is 2.15. The zero-order valence-electron chi connectivity index (χ0n) is 9.15. The van der Waals surface area contributed by atoms with Gasteiger partial charge in [0.2, 0.25) is 9.97 Å². The van der Waals surface area contributed by atoms with Gasteiger partial charge in [0.05, 0.1) is 0 Å². The highest BCUT2D eigenvalue weighted by atomic mass is 32.1. The van der Waals surface area contributed by atoms with Gasteiger partial charge in [-0.25, -0.2) is 4.79 Å². The van der Waals surface area contributed by atoms with Crippen LogP contribution in [-0.2, 0) is 6.42 Å². The topological polar surface area (TPSA) is 80.4 Å². The minimum Gasteiger partial charge on any atom is -0.476 e. The van der Waals surface area contributed by atoms with Gasteiger partial charge >= 0.3 is 5.97 Å². The molecule has 0 bridgehead atoms. The molecule has 0 saturated heterocycles. The molecule has 0 radical (unpaired) electrons. The molecule has 7 heteroatoms. The van der Waals surface area contributed by atoms with Crippen LogP contribution < -0.4 is 0 Å². The lowest BCUT2D eigenvalue weighted by atomic mass is 10.1. The maximum atomic E-state index is 10.8. The first kappa shape index (κ1) is 10.8. The van der Waals surface area contributed by atoms with Gasteiger partial charge < -0.3 is 5.11 Å². The number of aromatic carboxylic acids is 1. The highest BCUT2D eigenvalue weighted by molar-refractivity contribution is 7.18. The summed E-state index contributed by atoms with van der Waals surface area (Å²) in [6.07, 6.45) is 0.574. The Kier molecular flexibility index (Phi) is 2.52. The van der Waals surface area contributed by atoms with Crippen LogP contribution in [0.5, 0.6) is 0 Å². The van der Waals surface area contributed by atoms with E-state index in [1.54, 1.807) is 0 Å². The van der Waals surface area contributed by atoms with Crippen molar-refractivity contribution in [3.05, 3.63) is 46.7 Å². The number of carboxylic acid groups (broad SMARTS) is 1. The van der Waals surface area contributed by atoms with Crippen molar-refractivity contribution in [1.82, 2.24) is 19.8 Å². The molecule has 0 aliphatic carbocycles. The van der Waals surface area contributed by atoms with Gasteiger partial charge in [-0.3, -0.25) is 0 Å². The van der Waals surface area contributed by atoms with E-state index in [-0.39, 0.29) is 5.01 Å². The predicted octanol–water partition coefficient (Wildman–Crippen LogP) is 1.47. The molecule has 0 aliphatic heterocycles. The van der Waals surface area contributed by atoms with Crippen molar-refractivity contribution in [1.29, 1.82) is 0 Å². The van der Waals surface area contributed by atoms with E-state index in [0.717, 1.165) is 16.9 Å². The summed E-state index contributed by atoms with van der Waals surface area (Å²) < 4.78 is 1.49. The Labute approximate surface area is 106 Å². The number of aromatic nitrogens is 4. The minimum absolute atomic E-state index is 0.0224. The predicted molar refractivity (Wildman–Crippen MR) is 64.9 cm³/mol. The summed E-state index contributed by atoms with van der Waals surface area (Å²) in [5.74, 6) is -0.406. The summed E-state index contributed by atoms with van der Waals surface area (Å²) in [5.41, 5.74) is 1.08. The largest absolute Gasteiger partial charge is 0.476 e. The summed E-state index contributed by atoms with van der Waals surface area (Å²) >= 11 is 1.02. The van der Waals surface area contributed by atoms with Gasteiger partial charge in [0, 0.05) is 6.42 Å². The van der Waals surface area contributed by atoms with Crippen LogP contribution in [0.2, 0.25) is 0 Å². The average molecular weight is 260 g/mol. The molecule has 0 atom stereocenters. The maximum Gasteiger partial charge on any atom is 0.367 e. The lowest BCUT2D eigenvalue weighted by Crippen LogP contribution is -2.01. The highest BCUT2D eigenvalue weighted by Crippen LogP contribution is 2.15. The Bertz CT molecular complexity index is 704. The number of rotatable bonds is 3. The van der Waals surface area contributed by atoms with E-state index in [0.29, 0.717) is 17.2 Å². The summed E-state index contributed by atoms with van der Waals surface area (Å²) in [6.45, 7) is 0. The second-order valence-electron chi connectivity index (χ2n) is 3.69. The Morgan fingerprint density at radius 2 is 2.06 bits per heavy atom. The second kappa shape index (κ2) is 4.19. The third-order valence-corrected chi connectivity index (χ3v) is 3.33. The monoisotopic (exact) mass is 260 g/mol. The summed E-state index contributed by atoms with van der Waals surface area (Å²) in [7, 11) is 0. The van der Waals surface area contributed by atoms with Gasteiger partial charge in [-0.2, -0.15) is 4.52 Å². The molecule has 6 nitrogen and oxygen atoms in total. The van der Waals surface area contributed by atoms with Gasteiger partial charge in [-0.15, -0.1) is 15.3 Å². The molecule has 3 rings (SSSR count). The van der Waals surface area contributed by atoms with Crippen molar-refractivity contribution in [2.75, 3.05) is 0 Å². The molecule has 2 heterocycles. The molecule has 0 amide bonds. The third-order valence-electron chi connectivity index (χ3n) is 2.44. The molecule has 0 spiro atoms. The van der Waals surface area contributed by atoms with Gasteiger partial charge in [0.25, 0.3) is 0 Å². The fourth-order valence-corrected chi connectivity index (χ4v) is 2.33. The van der Waals surface area contributed by atoms with Gasteiger partial charge in [-0.1, -0.05) is 41.7 Å². The molecule has 0 aliphatic rings. The number of nitrogens with zero attached hydrogens (tertiary/aromatic N) is 4. The van der Waals surface area contributed by atoms with Crippen LogP contribution in [0.1, 0.15) is 21.2 Å². The fraction of sp³-hybridized carbons (Fsp3) is 0.0909. The van der Waals surface area contributed by atoms with Crippen LogP contribution >= 0.6 is 11.3 Å². The van der Waals surface area contributed by atoms with Crippen molar-refractivity contribution in [3.63, 3.8) is 0 Å². The van der Waals surface area contributed by atoms with Crippen molar-refractivity contribution >= 4 is 22.3 Å². The zero-order valence-corrected chi connectivity index (χ0v) is 9.96. The third kappa shape index (κ3) is 1.84. The van der Waals surface area contributed by atoms with Crippen LogP contribution in [0.3, 0.4) is 0 Å². The molecule has 1 N–H and O–H groups in total. The first-order valence-corrected chi connectivity index (χ1v) is 6.04. The van der Waals surface area contributed by atoms with E-state index in [9.17, 15) is 4.79 Å². The molecule has 0 fully saturated rings. The van der Waals surface area contributed by atoms with Crippen LogP contribution in [0, 0.1) is 0 Å². The van der Waals surface area contributed by atoms with E-state index in [2.05, 4.69) is 15.3 Å². The molecule has 18 heavy (non-hydrogen) atoms. The second-order valence-corrected chi connectivity index (χ2v) is 4.64.